The van der Waals surface area contributed by atoms with Gasteiger partial charge in [-0.25, -0.2) is 4.98 Å². The minimum atomic E-state index is -0.481. The molecule has 0 spiro atoms. The minimum Gasteiger partial charge on any atom is -0.461 e. The van der Waals surface area contributed by atoms with Crippen LogP contribution in [-0.4, -0.2) is 16.7 Å². The molecule has 1 aliphatic rings. The molecule has 0 fully saturated rings. The molecule has 2 heterocycles. The van der Waals surface area contributed by atoms with Gasteiger partial charge >= 0.3 is 0 Å². The lowest BCUT2D eigenvalue weighted by Gasteiger charge is -1.99. The first-order valence-electron chi connectivity index (χ1n) is 4.15. The molecule has 16 heavy (non-hydrogen) atoms. The minimum absolute atomic E-state index is 0.0194. The highest BCUT2D eigenvalue weighted by Gasteiger charge is 2.10. The van der Waals surface area contributed by atoms with E-state index < -0.39 is 4.92 Å². The van der Waals surface area contributed by atoms with Crippen molar-refractivity contribution in [2.75, 3.05) is 6.79 Å². The summed E-state index contributed by atoms with van der Waals surface area (Å²) < 4.78 is 9.95. The van der Waals surface area contributed by atoms with Gasteiger partial charge in [-0.15, -0.1) is 0 Å². The quantitative estimate of drug-likeness (QED) is 0.466. The first kappa shape index (κ1) is 11.1. The zero-order chi connectivity index (χ0) is 11.4. The van der Waals surface area contributed by atoms with Crippen LogP contribution < -0.4 is 0 Å². The largest absolute Gasteiger partial charge is 0.461 e. The normalized spacial score (nSPS) is 13.9. The Bertz CT molecular complexity index is 421. The topological polar surface area (TPSA) is 74.5 Å². The van der Waals surface area contributed by atoms with Gasteiger partial charge in [-0.1, -0.05) is 0 Å². The molecule has 0 N–H and O–H groups in total. The number of nitro groups is 1. The van der Waals surface area contributed by atoms with Gasteiger partial charge in [0, 0.05) is 6.07 Å². The van der Waals surface area contributed by atoms with Gasteiger partial charge in [0.2, 0.25) is 11.9 Å². The fraction of sp³-hybridized carbons (Fsp3) is 0.125. The Hall–Kier alpha value is -1.41. The standard InChI is InChI=1S/C8H6N2O4S2/c11-10(12)6-1-2-7(9-3-6)15-16-8-4-13-5-14-8/h1-4H,5H2. The van der Waals surface area contributed by atoms with Gasteiger partial charge in [-0.3, -0.25) is 10.1 Å². The van der Waals surface area contributed by atoms with Crippen LogP contribution in [0.2, 0.25) is 0 Å². The van der Waals surface area contributed by atoms with E-state index >= 15 is 0 Å². The van der Waals surface area contributed by atoms with Crippen molar-refractivity contribution < 1.29 is 14.4 Å². The van der Waals surface area contributed by atoms with E-state index in [0.717, 1.165) is 0 Å². The lowest BCUT2D eigenvalue weighted by atomic mass is 10.4. The predicted octanol–water partition coefficient (Wildman–Crippen LogP) is 2.53. The maximum Gasteiger partial charge on any atom is 0.287 e. The van der Waals surface area contributed by atoms with Crippen molar-refractivity contribution in [2.24, 2.45) is 0 Å². The Morgan fingerprint density at radius 2 is 2.31 bits per heavy atom. The molecule has 0 bridgehead atoms. The Balaban J connectivity index is 1.92. The van der Waals surface area contributed by atoms with Gasteiger partial charge in [0.05, 0.1) is 4.92 Å². The van der Waals surface area contributed by atoms with Gasteiger partial charge in [0.15, 0.2) is 0 Å². The molecule has 8 heteroatoms. The third-order valence-electron chi connectivity index (χ3n) is 1.59. The first-order valence-corrected chi connectivity index (χ1v) is 6.30. The van der Waals surface area contributed by atoms with Crippen LogP contribution in [0.25, 0.3) is 0 Å². The summed E-state index contributed by atoms with van der Waals surface area (Å²) in [6.45, 7) is 0.233. The summed E-state index contributed by atoms with van der Waals surface area (Å²) in [6, 6.07) is 3.00. The van der Waals surface area contributed by atoms with Gasteiger partial charge in [0.1, 0.15) is 17.5 Å². The van der Waals surface area contributed by atoms with E-state index in [1.807, 2.05) is 0 Å². The molecule has 0 radical (unpaired) electrons. The second-order valence-corrected chi connectivity index (χ2v) is 4.80. The zero-order valence-electron chi connectivity index (χ0n) is 7.86. The molecular weight excluding hydrogens is 252 g/mol. The summed E-state index contributed by atoms with van der Waals surface area (Å²) >= 11 is 0. The van der Waals surface area contributed by atoms with Crippen LogP contribution in [0.15, 0.2) is 34.7 Å². The average Bonchev–Trinajstić information content (AvgIpc) is 2.80. The van der Waals surface area contributed by atoms with Gasteiger partial charge in [-0.05, 0) is 27.7 Å². The van der Waals surface area contributed by atoms with Gasteiger partial charge in [0.25, 0.3) is 5.69 Å². The molecule has 2 rings (SSSR count). The van der Waals surface area contributed by atoms with Crippen LogP contribution in [0.3, 0.4) is 0 Å². The molecule has 0 unspecified atom stereocenters. The van der Waals surface area contributed by atoms with Crippen molar-refractivity contribution in [1.29, 1.82) is 0 Å². The Morgan fingerprint density at radius 1 is 1.44 bits per heavy atom. The van der Waals surface area contributed by atoms with Crippen LogP contribution in [0.4, 0.5) is 5.69 Å². The van der Waals surface area contributed by atoms with Crippen molar-refractivity contribution >= 4 is 27.3 Å². The van der Waals surface area contributed by atoms with Crippen molar-refractivity contribution in [1.82, 2.24) is 4.98 Å². The van der Waals surface area contributed by atoms with Crippen LogP contribution in [0.5, 0.6) is 0 Å². The molecule has 1 aliphatic heterocycles. The maximum atomic E-state index is 10.4. The number of nitrogens with zero attached hydrogens (tertiary/aromatic N) is 2. The van der Waals surface area contributed by atoms with Crippen molar-refractivity contribution in [3.63, 3.8) is 0 Å². The first-order chi connectivity index (χ1) is 7.75. The molecule has 0 atom stereocenters. The second kappa shape index (κ2) is 5.08. The number of hydrogen-bond acceptors (Lipinski definition) is 7. The predicted molar refractivity (Wildman–Crippen MR) is 59.5 cm³/mol. The number of ether oxygens (including phenoxy) is 2. The number of aromatic nitrogens is 1. The summed E-state index contributed by atoms with van der Waals surface area (Å²) in [7, 11) is 2.70. The van der Waals surface area contributed by atoms with Crippen molar-refractivity contribution in [3.05, 3.63) is 39.8 Å². The van der Waals surface area contributed by atoms with E-state index in [1.54, 1.807) is 6.07 Å². The lowest BCUT2D eigenvalue weighted by molar-refractivity contribution is -0.385. The monoisotopic (exact) mass is 258 g/mol. The van der Waals surface area contributed by atoms with Gasteiger partial charge in [-0.2, -0.15) is 0 Å². The van der Waals surface area contributed by atoms with Crippen molar-refractivity contribution in [2.45, 2.75) is 5.03 Å². The molecule has 0 saturated carbocycles. The second-order valence-electron chi connectivity index (χ2n) is 2.64. The number of hydrogen-bond donors (Lipinski definition) is 0. The summed E-state index contributed by atoms with van der Waals surface area (Å²) in [5, 5.41) is 11.7. The van der Waals surface area contributed by atoms with E-state index in [1.165, 1.54) is 40.1 Å². The summed E-state index contributed by atoms with van der Waals surface area (Å²) in [5.74, 6) is 0. The summed E-state index contributed by atoms with van der Waals surface area (Å²) in [4.78, 5) is 13.8. The highest BCUT2D eigenvalue weighted by molar-refractivity contribution is 8.78. The molecular formula is C8H6N2O4S2. The van der Waals surface area contributed by atoms with Crippen LogP contribution in [-0.2, 0) is 9.47 Å². The highest BCUT2D eigenvalue weighted by Crippen LogP contribution is 2.37. The molecule has 6 nitrogen and oxygen atoms in total. The molecule has 0 amide bonds. The Labute approximate surface area is 98.6 Å². The van der Waals surface area contributed by atoms with Crippen LogP contribution in [0, 0.1) is 10.1 Å². The van der Waals surface area contributed by atoms with E-state index in [-0.39, 0.29) is 12.5 Å². The molecule has 1 aromatic heterocycles. The van der Waals surface area contributed by atoms with Crippen LogP contribution >= 0.6 is 21.6 Å². The Morgan fingerprint density at radius 3 is 2.88 bits per heavy atom. The lowest BCUT2D eigenvalue weighted by Crippen LogP contribution is -1.88. The Kier molecular flexibility index (Phi) is 3.52. The fourth-order valence-corrected chi connectivity index (χ4v) is 2.54. The summed E-state index contributed by atoms with van der Waals surface area (Å²) in [5.41, 5.74) is -0.0194. The SMILES string of the molecule is O=[N+]([O-])c1ccc(SSC2=COCO2)nc1. The van der Waals surface area contributed by atoms with E-state index in [4.69, 9.17) is 9.47 Å². The van der Waals surface area contributed by atoms with Gasteiger partial charge < -0.3 is 9.47 Å². The van der Waals surface area contributed by atoms with E-state index in [9.17, 15) is 10.1 Å². The highest BCUT2D eigenvalue weighted by atomic mass is 33.1. The van der Waals surface area contributed by atoms with E-state index in [2.05, 4.69) is 4.98 Å². The molecule has 0 aromatic carbocycles. The fourth-order valence-electron chi connectivity index (χ4n) is 0.885. The zero-order valence-corrected chi connectivity index (χ0v) is 9.49. The number of rotatable bonds is 4. The third kappa shape index (κ3) is 2.80. The maximum absolute atomic E-state index is 10.4. The smallest absolute Gasteiger partial charge is 0.287 e. The molecule has 0 saturated heterocycles. The molecule has 0 aliphatic carbocycles. The van der Waals surface area contributed by atoms with E-state index in [0.29, 0.717) is 10.1 Å². The average molecular weight is 258 g/mol. The molecule has 84 valence electrons. The third-order valence-corrected chi connectivity index (χ3v) is 3.72. The molecule has 1 aromatic rings. The van der Waals surface area contributed by atoms with Crippen molar-refractivity contribution in [3.8, 4) is 0 Å². The van der Waals surface area contributed by atoms with Crippen LogP contribution in [0.1, 0.15) is 0 Å². The summed E-state index contributed by atoms with van der Waals surface area (Å²) in [6.07, 6.45) is 2.74. The number of pyridine rings is 1.